The Morgan fingerprint density at radius 1 is 1.25 bits per heavy atom. The zero-order valence-electron chi connectivity index (χ0n) is 12.1. The van der Waals surface area contributed by atoms with E-state index in [1.165, 1.54) is 5.56 Å². The van der Waals surface area contributed by atoms with E-state index in [9.17, 15) is 0 Å². The number of hydrogen-bond donors (Lipinski definition) is 1. The number of aromatic nitrogens is 2. The summed E-state index contributed by atoms with van der Waals surface area (Å²) >= 11 is 5.94. The summed E-state index contributed by atoms with van der Waals surface area (Å²) in [7, 11) is 0. The van der Waals surface area contributed by atoms with Gasteiger partial charge in [-0.1, -0.05) is 37.6 Å². The molecule has 0 fully saturated rings. The Balaban J connectivity index is 2.00. The molecule has 1 aromatic heterocycles. The highest BCUT2D eigenvalue weighted by atomic mass is 35.5. The zero-order chi connectivity index (χ0) is 14.4. The van der Waals surface area contributed by atoms with Crippen molar-refractivity contribution >= 4 is 11.6 Å². The number of halogens is 1. The molecule has 2 rings (SSSR count). The van der Waals surface area contributed by atoms with Crippen molar-refractivity contribution in [1.82, 2.24) is 14.9 Å². The number of imidazole rings is 1. The molecule has 1 aromatic carbocycles. The molecule has 1 atom stereocenters. The van der Waals surface area contributed by atoms with E-state index in [1.54, 1.807) is 0 Å². The van der Waals surface area contributed by atoms with Crippen molar-refractivity contribution in [2.24, 2.45) is 0 Å². The molecule has 0 aliphatic heterocycles. The lowest BCUT2D eigenvalue weighted by molar-refractivity contribution is 0.493. The minimum absolute atomic E-state index is 0.332. The first kappa shape index (κ1) is 15.1. The standard InChI is InChI=1S/C16H22ClN3/c1-3-10-20-11-9-18-16(20)12-19-15(4-2)13-5-7-14(17)8-6-13/h5-9,11,15,19H,3-4,10,12H2,1-2H3. The van der Waals surface area contributed by atoms with E-state index >= 15 is 0 Å². The van der Waals surface area contributed by atoms with Gasteiger partial charge in [-0.25, -0.2) is 4.98 Å². The Morgan fingerprint density at radius 2 is 2.00 bits per heavy atom. The second-order valence-corrected chi connectivity index (χ2v) is 5.37. The molecule has 1 heterocycles. The van der Waals surface area contributed by atoms with Crippen LogP contribution in [0.4, 0.5) is 0 Å². The number of aryl methyl sites for hydroxylation is 1. The summed E-state index contributed by atoms with van der Waals surface area (Å²) in [6.07, 6.45) is 6.08. The molecule has 0 saturated heterocycles. The third kappa shape index (κ3) is 3.84. The molecule has 2 aromatic rings. The van der Waals surface area contributed by atoms with Gasteiger partial charge in [0.1, 0.15) is 5.82 Å². The van der Waals surface area contributed by atoms with E-state index in [1.807, 2.05) is 24.5 Å². The number of nitrogens with one attached hydrogen (secondary N) is 1. The number of hydrogen-bond acceptors (Lipinski definition) is 2. The van der Waals surface area contributed by atoms with E-state index in [4.69, 9.17) is 11.6 Å². The Morgan fingerprint density at radius 3 is 2.65 bits per heavy atom. The van der Waals surface area contributed by atoms with E-state index in [0.717, 1.165) is 36.8 Å². The van der Waals surface area contributed by atoms with E-state index in [2.05, 4.69) is 40.8 Å². The Kier molecular flexibility index (Phi) is 5.62. The molecule has 0 bridgehead atoms. The second kappa shape index (κ2) is 7.46. The topological polar surface area (TPSA) is 29.9 Å². The summed E-state index contributed by atoms with van der Waals surface area (Å²) in [5, 5.41) is 4.36. The molecule has 20 heavy (non-hydrogen) atoms. The van der Waals surface area contributed by atoms with Gasteiger partial charge in [0, 0.05) is 30.0 Å². The van der Waals surface area contributed by atoms with Crippen LogP contribution in [-0.4, -0.2) is 9.55 Å². The fraction of sp³-hybridized carbons (Fsp3) is 0.438. The Hall–Kier alpha value is -1.32. The van der Waals surface area contributed by atoms with Gasteiger partial charge in [-0.2, -0.15) is 0 Å². The van der Waals surface area contributed by atoms with Gasteiger partial charge in [-0.05, 0) is 30.5 Å². The van der Waals surface area contributed by atoms with Gasteiger partial charge in [0.05, 0.1) is 6.54 Å². The second-order valence-electron chi connectivity index (χ2n) is 4.93. The monoisotopic (exact) mass is 291 g/mol. The average Bonchev–Trinajstić information content (AvgIpc) is 2.89. The summed E-state index contributed by atoms with van der Waals surface area (Å²) in [4.78, 5) is 4.43. The maximum absolute atomic E-state index is 5.94. The highest BCUT2D eigenvalue weighted by Crippen LogP contribution is 2.19. The van der Waals surface area contributed by atoms with Crippen LogP contribution in [0.5, 0.6) is 0 Å². The van der Waals surface area contributed by atoms with E-state index in [0.29, 0.717) is 6.04 Å². The lowest BCUT2D eigenvalue weighted by atomic mass is 10.0. The highest BCUT2D eigenvalue weighted by molar-refractivity contribution is 6.30. The van der Waals surface area contributed by atoms with Gasteiger partial charge in [-0.3, -0.25) is 0 Å². The van der Waals surface area contributed by atoms with Crippen molar-refractivity contribution in [2.75, 3.05) is 0 Å². The van der Waals surface area contributed by atoms with Crippen LogP contribution in [0.15, 0.2) is 36.7 Å². The highest BCUT2D eigenvalue weighted by Gasteiger charge is 2.10. The number of benzene rings is 1. The average molecular weight is 292 g/mol. The van der Waals surface area contributed by atoms with Crippen molar-refractivity contribution < 1.29 is 0 Å². The Bertz CT molecular complexity index is 519. The van der Waals surface area contributed by atoms with Gasteiger partial charge in [0.25, 0.3) is 0 Å². The van der Waals surface area contributed by atoms with Crippen LogP contribution in [0, 0.1) is 0 Å². The molecular weight excluding hydrogens is 270 g/mol. The van der Waals surface area contributed by atoms with Crippen LogP contribution in [0.3, 0.4) is 0 Å². The first-order chi connectivity index (χ1) is 9.74. The number of nitrogens with zero attached hydrogens (tertiary/aromatic N) is 2. The van der Waals surface area contributed by atoms with E-state index < -0.39 is 0 Å². The van der Waals surface area contributed by atoms with Gasteiger partial charge in [-0.15, -0.1) is 0 Å². The molecule has 0 amide bonds. The minimum atomic E-state index is 0.332. The fourth-order valence-corrected chi connectivity index (χ4v) is 2.49. The van der Waals surface area contributed by atoms with Crippen LogP contribution in [0.25, 0.3) is 0 Å². The van der Waals surface area contributed by atoms with Crippen LogP contribution in [0.1, 0.15) is 44.1 Å². The third-order valence-corrected chi connectivity index (χ3v) is 3.71. The molecule has 0 spiro atoms. The smallest absolute Gasteiger partial charge is 0.122 e. The molecule has 0 aliphatic carbocycles. The molecular formula is C16H22ClN3. The minimum Gasteiger partial charge on any atom is -0.334 e. The van der Waals surface area contributed by atoms with Crippen molar-refractivity contribution in [2.45, 2.75) is 45.8 Å². The van der Waals surface area contributed by atoms with Crippen molar-refractivity contribution in [3.05, 3.63) is 53.1 Å². The normalized spacial score (nSPS) is 12.6. The van der Waals surface area contributed by atoms with Crippen LogP contribution < -0.4 is 5.32 Å². The zero-order valence-corrected chi connectivity index (χ0v) is 12.9. The molecule has 0 saturated carbocycles. The molecule has 108 valence electrons. The van der Waals surface area contributed by atoms with Crippen LogP contribution in [0.2, 0.25) is 5.02 Å². The third-order valence-electron chi connectivity index (χ3n) is 3.45. The van der Waals surface area contributed by atoms with Gasteiger partial charge in [0.2, 0.25) is 0 Å². The molecule has 1 unspecified atom stereocenters. The lowest BCUT2D eigenvalue weighted by Gasteiger charge is -2.18. The van der Waals surface area contributed by atoms with Crippen molar-refractivity contribution in [3.8, 4) is 0 Å². The lowest BCUT2D eigenvalue weighted by Crippen LogP contribution is -2.22. The summed E-state index contributed by atoms with van der Waals surface area (Å²) in [5.41, 5.74) is 1.27. The van der Waals surface area contributed by atoms with Gasteiger partial charge >= 0.3 is 0 Å². The molecule has 1 N–H and O–H groups in total. The first-order valence-corrected chi connectivity index (χ1v) is 7.61. The first-order valence-electron chi connectivity index (χ1n) is 7.23. The number of rotatable bonds is 7. The van der Waals surface area contributed by atoms with Crippen LogP contribution >= 0.6 is 11.6 Å². The molecule has 3 nitrogen and oxygen atoms in total. The Labute approximate surface area is 126 Å². The SMILES string of the molecule is CCCn1ccnc1CNC(CC)c1ccc(Cl)cc1. The fourth-order valence-electron chi connectivity index (χ4n) is 2.36. The summed E-state index contributed by atoms with van der Waals surface area (Å²) in [6.45, 7) is 6.17. The van der Waals surface area contributed by atoms with Crippen molar-refractivity contribution in [1.29, 1.82) is 0 Å². The van der Waals surface area contributed by atoms with Crippen LogP contribution in [-0.2, 0) is 13.1 Å². The van der Waals surface area contributed by atoms with Crippen molar-refractivity contribution in [3.63, 3.8) is 0 Å². The summed E-state index contributed by atoms with van der Waals surface area (Å²) in [6, 6.07) is 8.39. The van der Waals surface area contributed by atoms with Gasteiger partial charge in [0.15, 0.2) is 0 Å². The molecule has 0 radical (unpaired) electrons. The molecule has 0 aliphatic rings. The van der Waals surface area contributed by atoms with Gasteiger partial charge < -0.3 is 9.88 Å². The summed E-state index contributed by atoms with van der Waals surface area (Å²) in [5.74, 6) is 1.10. The van der Waals surface area contributed by atoms with E-state index in [-0.39, 0.29) is 0 Å². The molecule has 4 heteroatoms. The predicted molar refractivity (Wildman–Crippen MR) is 83.8 cm³/mol. The largest absolute Gasteiger partial charge is 0.334 e. The predicted octanol–water partition coefficient (Wildman–Crippen LogP) is 4.19. The maximum Gasteiger partial charge on any atom is 0.122 e. The quantitative estimate of drug-likeness (QED) is 0.829. The summed E-state index contributed by atoms with van der Waals surface area (Å²) < 4.78 is 2.21. The maximum atomic E-state index is 5.94.